The van der Waals surface area contributed by atoms with Crippen LogP contribution in [0.15, 0.2) is 0 Å². The number of carbonyl (C=O) groups excluding carboxylic acids is 4. The van der Waals surface area contributed by atoms with Gasteiger partial charge in [0.25, 0.3) is 0 Å². The van der Waals surface area contributed by atoms with Crippen molar-refractivity contribution in [2.45, 2.75) is 70.9 Å². The van der Waals surface area contributed by atoms with Crippen molar-refractivity contribution in [2.24, 2.45) is 5.92 Å². The Morgan fingerprint density at radius 3 is 1.88 bits per heavy atom. The Kier molecular flexibility index (Phi) is 14.3. The van der Waals surface area contributed by atoms with E-state index < -0.39 is 29.9 Å². The van der Waals surface area contributed by atoms with E-state index in [1.54, 1.807) is 0 Å². The van der Waals surface area contributed by atoms with Crippen molar-refractivity contribution in [3.8, 4) is 0 Å². The Hall–Kier alpha value is -2.20. The van der Waals surface area contributed by atoms with Gasteiger partial charge in [-0.1, -0.05) is 39.5 Å². The number of esters is 2. The molecule has 0 aliphatic carbocycles. The predicted molar refractivity (Wildman–Crippen MR) is 124 cm³/mol. The minimum absolute atomic E-state index is 0.0863. The summed E-state index contributed by atoms with van der Waals surface area (Å²) < 4.78 is 9.66. The fourth-order valence-corrected chi connectivity index (χ4v) is 3.81. The van der Waals surface area contributed by atoms with E-state index in [9.17, 15) is 19.2 Å². The summed E-state index contributed by atoms with van der Waals surface area (Å²) in [5, 5.41) is 8.79. The molecule has 0 bridgehead atoms. The molecule has 3 atom stereocenters. The van der Waals surface area contributed by atoms with E-state index in [2.05, 4.69) is 20.9 Å². The van der Waals surface area contributed by atoms with E-state index in [0.29, 0.717) is 19.4 Å². The summed E-state index contributed by atoms with van der Waals surface area (Å²) in [4.78, 5) is 52.3. The summed E-state index contributed by atoms with van der Waals surface area (Å²) in [6, 6.07) is -1.49. The lowest BCUT2D eigenvalue weighted by molar-refractivity contribution is -0.147. The van der Waals surface area contributed by atoms with Gasteiger partial charge in [0.2, 0.25) is 11.8 Å². The number of rotatable bonds is 15. The van der Waals surface area contributed by atoms with Gasteiger partial charge in [0.15, 0.2) is 0 Å². The Balaban J connectivity index is 2.90. The summed E-state index contributed by atoms with van der Waals surface area (Å²) in [5.41, 5.74) is 0. The molecule has 0 aromatic carbocycles. The molecular formula is C23H42N4O6. The van der Waals surface area contributed by atoms with Crippen LogP contribution in [-0.2, 0) is 28.7 Å². The summed E-state index contributed by atoms with van der Waals surface area (Å²) in [5.74, 6) is -2.41. The molecule has 33 heavy (non-hydrogen) atoms. The smallest absolute Gasteiger partial charge is 0.328 e. The normalized spacial score (nSPS) is 16.8. The summed E-state index contributed by atoms with van der Waals surface area (Å²) in [7, 11) is 2.58. The molecule has 1 aliphatic heterocycles. The number of unbranched alkanes of at least 4 members (excludes halogenated alkanes) is 2. The lowest BCUT2D eigenvalue weighted by Crippen LogP contribution is -2.51. The number of methoxy groups -OCH3 is 2. The fourth-order valence-electron chi connectivity index (χ4n) is 3.81. The molecule has 190 valence electrons. The quantitative estimate of drug-likeness (QED) is 0.297. The highest BCUT2D eigenvalue weighted by atomic mass is 16.5. The third kappa shape index (κ3) is 11.0. The summed E-state index contributed by atoms with van der Waals surface area (Å²) in [6.45, 7) is 7.54. The fraction of sp³-hybridized carbons (Fsp3) is 0.826. The first kappa shape index (κ1) is 28.8. The first-order chi connectivity index (χ1) is 15.9. The number of hydrogen-bond acceptors (Lipinski definition) is 8. The second-order valence-electron chi connectivity index (χ2n) is 8.46. The highest BCUT2D eigenvalue weighted by Gasteiger charge is 2.30. The van der Waals surface area contributed by atoms with Gasteiger partial charge in [-0.3, -0.25) is 9.59 Å². The zero-order valence-corrected chi connectivity index (χ0v) is 20.6. The number of nitrogens with zero attached hydrogens (tertiary/aromatic N) is 1. The Labute approximate surface area is 197 Å². The predicted octanol–water partition coefficient (Wildman–Crippen LogP) is 0.594. The number of amides is 2. The molecule has 1 aliphatic rings. The lowest BCUT2D eigenvalue weighted by atomic mass is 10.0. The van der Waals surface area contributed by atoms with Crippen LogP contribution in [0.3, 0.4) is 0 Å². The monoisotopic (exact) mass is 470 g/mol. The molecule has 1 unspecified atom stereocenters. The molecule has 1 heterocycles. The first-order valence-electron chi connectivity index (χ1n) is 12.0. The number of ether oxygens (including phenoxy) is 2. The Morgan fingerprint density at radius 2 is 1.39 bits per heavy atom. The largest absolute Gasteiger partial charge is 0.467 e. The third-order valence-electron chi connectivity index (χ3n) is 5.81. The number of nitrogens with one attached hydrogen (secondary N) is 3. The van der Waals surface area contributed by atoms with Gasteiger partial charge in [0.05, 0.1) is 20.1 Å². The molecule has 1 fully saturated rings. The highest BCUT2D eigenvalue weighted by molar-refractivity contribution is 5.90. The average molecular weight is 471 g/mol. The average Bonchev–Trinajstić information content (AvgIpc) is 2.83. The molecule has 0 aromatic rings. The van der Waals surface area contributed by atoms with Crippen LogP contribution in [-0.4, -0.2) is 87.7 Å². The van der Waals surface area contributed by atoms with Crippen LogP contribution in [0.25, 0.3) is 0 Å². The minimum Gasteiger partial charge on any atom is -0.467 e. The van der Waals surface area contributed by atoms with E-state index in [1.807, 2.05) is 13.8 Å². The standard InChI is InChI=1S/C23H42N4O6/c1-5-7-9-18(22(30)32-3)25-20(28)15-17(16-27-13-11-24-12-14-27)21(29)26-19(10-8-6-2)23(31)33-4/h17-19,24H,5-16H2,1-4H3,(H,25,28)(H,26,29)/t17?,18-,19-/m0/s1. The van der Waals surface area contributed by atoms with Crippen molar-refractivity contribution >= 4 is 23.8 Å². The van der Waals surface area contributed by atoms with Crippen LogP contribution in [0, 0.1) is 5.92 Å². The van der Waals surface area contributed by atoms with Gasteiger partial charge in [-0.15, -0.1) is 0 Å². The number of carbonyl (C=O) groups is 4. The van der Waals surface area contributed by atoms with E-state index in [4.69, 9.17) is 9.47 Å². The maximum Gasteiger partial charge on any atom is 0.328 e. The van der Waals surface area contributed by atoms with Crippen molar-refractivity contribution in [1.29, 1.82) is 0 Å². The molecule has 10 heteroatoms. The minimum atomic E-state index is -0.747. The molecule has 2 amide bonds. The van der Waals surface area contributed by atoms with Gasteiger partial charge in [-0.2, -0.15) is 0 Å². The zero-order chi connectivity index (χ0) is 24.6. The van der Waals surface area contributed by atoms with Crippen LogP contribution in [0.1, 0.15) is 58.8 Å². The first-order valence-corrected chi connectivity index (χ1v) is 12.0. The molecule has 1 saturated heterocycles. The van der Waals surface area contributed by atoms with E-state index >= 15 is 0 Å². The van der Waals surface area contributed by atoms with Gasteiger partial charge in [0, 0.05) is 39.1 Å². The molecule has 0 radical (unpaired) electrons. The third-order valence-corrected chi connectivity index (χ3v) is 5.81. The van der Waals surface area contributed by atoms with Crippen LogP contribution in [0.5, 0.6) is 0 Å². The zero-order valence-electron chi connectivity index (χ0n) is 20.6. The van der Waals surface area contributed by atoms with Crippen molar-refractivity contribution in [1.82, 2.24) is 20.9 Å². The van der Waals surface area contributed by atoms with Gasteiger partial charge >= 0.3 is 11.9 Å². The maximum absolute atomic E-state index is 13.2. The summed E-state index contributed by atoms with van der Waals surface area (Å²) in [6.07, 6.45) is 4.15. The van der Waals surface area contributed by atoms with E-state index in [0.717, 1.165) is 51.9 Å². The molecule has 0 saturated carbocycles. The van der Waals surface area contributed by atoms with Crippen molar-refractivity contribution < 1.29 is 28.7 Å². The molecular weight excluding hydrogens is 428 g/mol. The SMILES string of the molecule is CCCC[C@H](NC(=O)CC(CN1CCNCC1)C(=O)N[C@@H](CCCC)C(=O)OC)C(=O)OC. The Morgan fingerprint density at radius 1 is 0.879 bits per heavy atom. The van der Waals surface area contributed by atoms with Gasteiger partial charge in [0.1, 0.15) is 12.1 Å². The lowest BCUT2D eigenvalue weighted by Gasteiger charge is -2.31. The van der Waals surface area contributed by atoms with Crippen LogP contribution >= 0.6 is 0 Å². The number of piperazine rings is 1. The number of hydrogen-bond donors (Lipinski definition) is 3. The molecule has 0 spiro atoms. The van der Waals surface area contributed by atoms with Gasteiger partial charge < -0.3 is 30.3 Å². The van der Waals surface area contributed by atoms with Crippen molar-refractivity contribution in [3.63, 3.8) is 0 Å². The van der Waals surface area contributed by atoms with Gasteiger partial charge in [-0.25, -0.2) is 9.59 Å². The second kappa shape index (κ2) is 16.4. The second-order valence-corrected chi connectivity index (χ2v) is 8.46. The van der Waals surface area contributed by atoms with E-state index in [-0.39, 0.29) is 18.2 Å². The molecule has 1 rings (SSSR count). The van der Waals surface area contributed by atoms with Gasteiger partial charge in [-0.05, 0) is 12.8 Å². The molecule has 10 nitrogen and oxygen atoms in total. The highest BCUT2D eigenvalue weighted by Crippen LogP contribution is 2.12. The van der Waals surface area contributed by atoms with Crippen LogP contribution < -0.4 is 16.0 Å². The van der Waals surface area contributed by atoms with Crippen molar-refractivity contribution in [3.05, 3.63) is 0 Å². The Bertz CT molecular complexity index is 624. The van der Waals surface area contributed by atoms with Crippen LogP contribution in [0.4, 0.5) is 0 Å². The van der Waals surface area contributed by atoms with E-state index in [1.165, 1.54) is 14.2 Å². The topological polar surface area (TPSA) is 126 Å². The maximum atomic E-state index is 13.2. The van der Waals surface area contributed by atoms with Crippen molar-refractivity contribution in [2.75, 3.05) is 46.9 Å². The van der Waals surface area contributed by atoms with Crippen LogP contribution in [0.2, 0.25) is 0 Å². The molecule has 3 N–H and O–H groups in total. The molecule has 0 aromatic heterocycles. The summed E-state index contributed by atoms with van der Waals surface area (Å²) >= 11 is 0.